The van der Waals surface area contributed by atoms with Gasteiger partial charge in [0, 0.05) is 17.7 Å². The molecular formula is C27H21ClN2O4. The Hall–Kier alpha value is -4.16. The summed E-state index contributed by atoms with van der Waals surface area (Å²) < 4.78 is 0. The van der Waals surface area contributed by atoms with Crippen molar-refractivity contribution in [2.75, 3.05) is 10.6 Å². The first-order chi connectivity index (χ1) is 16.3. The van der Waals surface area contributed by atoms with Crippen LogP contribution >= 0.6 is 11.6 Å². The van der Waals surface area contributed by atoms with Crippen LogP contribution in [-0.2, 0) is 16.0 Å². The van der Waals surface area contributed by atoms with E-state index in [0.29, 0.717) is 27.5 Å². The van der Waals surface area contributed by atoms with Gasteiger partial charge in [0.2, 0.25) is 5.78 Å². The third-order valence-corrected chi connectivity index (χ3v) is 5.84. The molecule has 0 aliphatic carbocycles. The van der Waals surface area contributed by atoms with E-state index in [0.717, 1.165) is 16.3 Å². The number of anilines is 2. The lowest BCUT2D eigenvalue weighted by atomic mass is 10.0. The highest BCUT2D eigenvalue weighted by Crippen LogP contribution is 2.27. The molecule has 0 saturated heterocycles. The number of Topliss-reactive ketones (excluding diaryl/α,β-unsaturated/α-hetero) is 1. The van der Waals surface area contributed by atoms with Crippen molar-refractivity contribution >= 4 is 51.3 Å². The van der Waals surface area contributed by atoms with E-state index in [2.05, 4.69) is 10.6 Å². The number of carbonyl (C=O) groups is 3. The zero-order valence-electron chi connectivity index (χ0n) is 18.3. The number of para-hydroxylation sites is 2. The number of benzene rings is 4. The van der Waals surface area contributed by atoms with E-state index in [1.807, 2.05) is 6.92 Å². The van der Waals surface area contributed by atoms with Crippen LogP contribution in [0.1, 0.15) is 21.5 Å². The number of nitrogens with one attached hydrogen (secondary N) is 2. The number of phenols is 1. The van der Waals surface area contributed by atoms with E-state index in [9.17, 15) is 19.5 Å². The number of hydrogen-bond donors (Lipinski definition) is 3. The van der Waals surface area contributed by atoms with E-state index >= 15 is 0 Å². The summed E-state index contributed by atoms with van der Waals surface area (Å²) in [7, 11) is 0. The average molecular weight is 473 g/mol. The molecule has 170 valence electrons. The second-order valence-corrected chi connectivity index (χ2v) is 8.20. The second-order valence-electron chi connectivity index (χ2n) is 7.79. The fraction of sp³-hybridized carbons (Fsp3) is 0.0741. The fourth-order valence-corrected chi connectivity index (χ4v) is 3.80. The normalized spacial score (nSPS) is 10.6. The third kappa shape index (κ3) is 4.92. The lowest BCUT2D eigenvalue weighted by molar-refractivity contribution is -0.134. The molecule has 3 N–H and O–H groups in total. The average Bonchev–Trinajstić information content (AvgIpc) is 2.83. The molecule has 0 unspecified atom stereocenters. The van der Waals surface area contributed by atoms with Gasteiger partial charge in [0.1, 0.15) is 5.75 Å². The maximum absolute atomic E-state index is 12.9. The Labute approximate surface area is 201 Å². The van der Waals surface area contributed by atoms with Crippen molar-refractivity contribution < 1.29 is 19.5 Å². The molecule has 0 aliphatic rings. The minimum absolute atomic E-state index is 0.192. The van der Waals surface area contributed by atoms with Gasteiger partial charge in [-0.25, -0.2) is 0 Å². The van der Waals surface area contributed by atoms with Crippen LogP contribution in [0, 0.1) is 6.92 Å². The molecule has 0 bridgehead atoms. The number of ketones is 1. The smallest absolute Gasteiger partial charge is 0.292 e. The molecule has 7 heteroatoms. The van der Waals surface area contributed by atoms with E-state index in [1.165, 1.54) is 0 Å². The summed E-state index contributed by atoms with van der Waals surface area (Å²) in [6, 6.07) is 22.0. The lowest BCUT2D eigenvalue weighted by Crippen LogP contribution is -2.25. The molecule has 34 heavy (non-hydrogen) atoms. The summed E-state index contributed by atoms with van der Waals surface area (Å²) in [5.74, 6) is -1.61. The number of fused-ring (bicyclic) bond motifs is 1. The van der Waals surface area contributed by atoms with Gasteiger partial charge >= 0.3 is 0 Å². The van der Waals surface area contributed by atoms with Gasteiger partial charge in [-0.15, -0.1) is 0 Å². The zero-order valence-corrected chi connectivity index (χ0v) is 19.0. The standard InChI is InChI=1S/C27H21ClN2O4/c1-16-20-12-10-19(14-17(20)11-13-24(16)31)26(33)29-22-8-4-2-6-18(22)15-25(32)27(34)30-23-9-5-3-7-21(23)28/h2-14,31H,15H2,1H3,(H,29,33)(H,30,34). The summed E-state index contributed by atoms with van der Waals surface area (Å²) in [4.78, 5) is 37.8. The van der Waals surface area contributed by atoms with Gasteiger partial charge in [-0.05, 0) is 65.2 Å². The molecule has 4 rings (SSSR count). The van der Waals surface area contributed by atoms with Crippen molar-refractivity contribution in [3.63, 3.8) is 0 Å². The van der Waals surface area contributed by atoms with Crippen molar-refractivity contribution in [1.82, 2.24) is 0 Å². The first-order valence-electron chi connectivity index (χ1n) is 10.5. The molecule has 0 heterocycles. The van der Waals surface area contributed by atoms with Crippen molar-refractivity contribution in [1.29, 1.82) is 0 Å². The number of carbonyl (C=O) groups excluding carboxylic acids is 3. The van der Waals surface area contributed by atoms with Crippen LogP contribution in [0.5, 0.6) is 5.75 Å². The highest BCUT2D eigenvalue weighted by molar-refractivity contribution is 6.42. The Morgan fingerprint density at radius 2 is 1.56 bits per heavy atom. The minimum Gasteiger partial charge on any atom is -0.508 e. The second kappa shape index (κ2) is 9.77. The fourth-order valence-electron chi connectivity index (χ4n) is 3.61. The van der Waals surface area contributed by atoms with Gasteiger partial charge in [0.15, 0.2) is 0 Å². The summed E-state index contributed by atoms with van der Waals surface area (Å²) >= 11 is 6.04. The van der Waals surface area contributed by atoms with Crippen molar-refractivity contribution in [2.45, 2.75) is 13.3 Å². The summed E-state index contributed by atoms with van der Waals surface area (Å²) in [6.45, 7) is 1.81. The quantitative estimate of drug-likeness (QED) is 0.322. The van der Waals surface area contributed by atoms with Gasteiger partial charge in [-0.1, -0.05) is 54.1 Å². The van der Waals surface area contributed by atoms with E-state index in [4.69, 9.17) is 11.6 Å². The van der Waals surface area contributed by atoms with Gasteiger partial charge < -0.3 is 15.7 Å². The molecular weight excluding hydrogens is 452 g/mol. The highest BCUT2D eigenvalue weighted by Gasteiger charge is 2.18. The molecule has 0 saturated carbocycles. The Morgan fingerprint density at radius 3 is 2.32 bits per heavy atom. The predicted octanol–water partition coefficient (Wildman–Crippen LogP) is 5.51. The summed E-state index contributed by atoms with van der Waals surface area (Å²) in [6.07, 6.45) is -0.192. The van der Waals surface area contributed by atoms with Crippen molar-refractivity contribution in [3.8, 4) is 5.75 Å². The molecule has 4 aromatic carbocycles. The number of rotatable bonds is 6. The Bertz CT molecular complexity index is 1430. The Morgan fingerprint density at radius 1 is 0.853 bits per heavy atom. The molecule has 0 atom stereocenters. The molecule has 4 aromatic rings. The van der Waals surface area contributed by atoms with Crippen LogP contribution in [-0.4, -0.2) is 22.7 Å². The van der Waals surface area contributed by atoms with E-state index < -0.39 is 11.7 Å². The number of aryl methyl sites for hydroxylation is 1. The zero-order chi connectivity index (χ0) is 24.2. The van der Waals surface area contributed by atoms with Gasteiger partial charge in [0.25, 0.3) is 11.8 Å². The number of amides is 2. The summed E-state index contributed by atoms with van der Waals surface area (Å²) in [5.41, 5.74) is 2.47. The molecule has 0 aromatic heterocycles. The summed E-state index contributed by atoms with van der Waals surface area (Å²) in [5, 5.41) is 17.2. The minimum atomic E-state index is -0.789. The lowest BCUT2D eigenvalue weighted by Gasteiger charge is -2.12. The van der Waals surface area contributed by atoms with E-state index in [1.54, 1.807) is 78.9 Å². The van der Waals surface area contributed by atoms with Crippen molar-refractivity contribution in [3.05, 3.63) is 101 Å². The van der Waals surface area contributed by atoms with Crippen LogP contribution in [0.25, 0.3) is 10.8 Å². The molecule has 0 spiro atoms. The van der Waals surface area contributed by atoms with Crippen molar-refractivity contribution in [2.24, 2.45) is 0 Å². The maximum atomic E-state index is 12.9. The maximum Gasteiger partial charge on any atom is 0.292 e. The Kier molecular flexibility index (Phi) is 6.61. The Balaban J connectivity index is 1.50. The van der Waals surface area contributed by atoms with Crippen LogP contribution in [0.15, 0.2) is 78.9 Å². The van der Waals surface area contributed by atoms with Gasteiger partial charge in [0.05, 0.1) is 10.7 Å². The molecule has 0 fully saturated rings. The SMILES string of the molecule is Cc1c(O)ccc2cc(C(=O)Nc3ccccc3CC(=O)C(=O)Nc3ccccc3Cl)ccc12. The van der Waals surface area contributed by atoms with Gasteiger partial charge in [-0.3, -0.25) is 14.4 Å². The predicted molar refractivity (Wildman–Crippen MR) is 134 cm³/mol. The number of hydrogen-bond acceptors (Lipinski definition) is 4. The first-order valence-corrected chi connectivity index (χ1v) is 10.9. The van der Waals surface area contributed by atoms with Crippen LogP contribution in [0.2, 0.25) is 5.02 Å². The largest absolute Gasteiger partial charge is 0.508 e. The molecule has 6 nitrogen and oxygen atoms in total. The van der Waals surface area contributed by atoms with Crippen LogP contribution in [0.4, 0.5) is 11.4 Å². The van der Waals surface area contributed by atoms with Gasteiger partial charge in [-0.2, -0.15) is 0 Å². The van der Waals surface area contributed by atoms with E-state index in [-0.39, 0.29) is 18.1 Å². The van der Waals surface area contributed by atoms with Crippen LogP contribution in [0.3, 0.4) is 0 Å². The molecule has 2 amide bonds. The topological polar surface area (TPSA) is 95.5 Å². The number of halogens is 1. The highest BCUT2D eigenvalue weighted by atomic mass is 35.5. The number of phenolic OH excluding ortho intramolecular Hbond substituents is 1. The molecule has 0 aliphatic heterocycles. The first kappa shape index (κ1) is 23.0. The van der Waals surface area contributed by atoms with Crippen LogP contribution < -0.4 is 10.6 Å². The molecule has 0 radical (unpaired) electrons. The number of aromatic hydroxyl groups is 1. The monoisotopic (exact) mass is 472 g/mol. The third-order valence-electron chi connectivity index (χ3n) is 5.51.